The van der Waals surface area contributed by atoms with E-state index in [1.807, 2.05) is 0 Å². The third-order valence-electron chi connectivity index (χ3n) is 3.14. The van der Waals surface area contributed by atoms with Gasteiger partial charge in [-0.3, -0.25) is 19.2 Å². The van der Waals surface area contributed by atoms with E-state index in [1.54, 1.807) is 24.3 Å². The zero-order valence-corrected chi connectivity index (χ0v) is 15.5. The lowest BCUT2D eigenvalue weighted by atomic mass is 10.3. The molecule has 0 atom stereocenters. The minimum absolute atomic E-state index is 0.175. The van der Waals surface area contributed by atoms with Crippen LogP contribution in [0.5, 0.6) is 0 Å². The highest BCUT2D eigenvalue weighted by atomic mass is 79.9. The van der Waals surface area contributed by atoms with Crippen LogP contribution in [0.4, 0.5) is 17.1 Å². The Hall–Kier alpha value is -2.46. The summed E-state index contributed by atoms with van der Waals surface area (Å²) in [4.78, 5) is 22.4. The van der Waals surface area contributed by atoms with Gasteiger partial charge in [0.2, 0.25) is 15.9 Å². The zero-order valence-electron chi connectivity index (χ0n) is 13.0. The van der Waals surface area contributed by atoms with Crippen molar-refractivity contribution in [3.05, 3.63) is 63.1 Å². The quantitative estimate of drug-likeness (QED) is 0.562. The van der Waals surface area contributed by atoms with Gasteiger partial charge in [0.05, 0.1) is 16.9 Å². The minimum atomic E-state index is -3.69. The van der Waals surface area contributed by atoms with Crippen LogP contribution >= 0.6 is 15.9 Å². The third-order valence-corrected chi connectivity index (χ3v) is 4.81. The average molecular weight is 428 g/mol. The molecule has 132 valence electrons. The van der Waals surface area contributed by atoms with E-state index in [0.717, 1.165) is 15.0 Å². The Bertz CT molecular complexity index is 900. The van der Waals surface area contributed by atoms with Gasteiger partial charge in [-0.2, -0.15) is 0 Å². The largest absolute Gasteiger partial charge is 0.324 e. The highest BCUT2D eigenvalue weighted by Gasteiger charge is 2.21. The molecule has 0 saturated carbocycles. The molecule has 0 aromatic heterocycles. The highest BCUT2D eigenvalue weighted by Crippen LogP contribution is 2.21. The number of carbonyl (C=O) groups excluding carboxylic acids is 1. The molecule has 0 aliphatic carbocycles. The van der Waals surface area contributed by atoms with E-state index in [0.29, 0.717) is 5.69 Å². The van der Waals surface area contributed by atoms with Gasteiger partial charge >= 0.3 is 0 Å². The number of nitrogens with zero attached hydrogens (tertiary/aromatic N) is 2. The number of anilines is 2. The van der Waals surface area contributed by atoms with Crippen LogP contribution in [-0.4, -0.2) is 32.0 Å². The van der Waals surface area contributed by atoms with Crippen LogP contribution in [0.25, 0.3) is 0 Å². The minimum Gasteiger partial charge on any atom is -0.324 e. The van der Waals surface area contributed by atoms with Crippen molar-refractivity contribution in [1.29, 1.82) is 0 Å². The number of nitro benzene ring substituents is 1. The summed E-state index contributed by atoms with van der Waals surface area (Å²) in [6, 6.07) is 11.8. The normalized spacial score (nSPS) is 11.0. The first-order valence-electron chi connectivity index (χ1n) is 6.94. The second kappa shape index (κ2) is 7.62. The number of carbonyl (C=O) groups is 1. The molecule has 0 saturated heterocycles. The van der Waals surface area contributed by atoms with Crippen molar-refractivity contribution in [2.45, 2.75) is 0 Å². The summed E-state index contributed by atoms with van der Waals surface area (Å²) in [5.41, 5.74) is 0.369. The van der Waals surface area contributed by atoms with Crippen molar-refractivity contribution in [1.82, 2.24) is 0 Å². The number of nitrogens with one attached hydrogen (secondary N) is 1. The molecular formula is C15H14BrN3O5S. The molecule has 2 aromatic carbocycles. The summed E-state index contributed by atoms with van der Waals surface area (Å²) < 4.78 is 25.7. The first-order valence-corrected chi connectivity index (χ1v) is 9.58. The molecule has 8 nitrogen and oxygen atoms in total. The van der Waals surface area contributed by atoms with Gasteiger partial charge in [-0.25, -0.2) is 8.42 Å². The summed E-state index contributed by atoms with van der Waals surface area (Å²) in [6.45, 7) is -0.455. The Labute approximate surface area is 152 Å². The SMILES string of the molecule is CS(=O)(=O)N(CC(=O)Nc1cccc([N+](=O)[O-])c1)c1ccc(Br)cc1. The van der Waals surface area contributed by atoms with Gasteiger partial charge in [0.1, 0.15) is 6.54 Å². The van der Waals surface area contributed by atoms with Gasteiger partial charge in [0.25, 0.3) is 5.69 Å². The van der Waals surface area contributed by atoms with E-state index in [1.165, 1.54) is 24.3 Å². The first-order chi connectivity index (χ1) is 11.7. The van der Waals surface area contributed by atoms with Gasteiger partial charge in [-0.05, 0) is 30.3 Å². The van der Waals surface area contributed by atoms with Crippen molar-refractivity contribution in [3.63, 3.8) is 0 Å². The molecule has 10 heteroatoms. The van der Waals surface area contributed by atoms with Crippen molar-refractivity contribution in [3.8, 4) is 0 Å². The number of sulfonamides is 1. The lowest BCUT2D eigenvalue weighted by Gasteiger charge is -2.21. The van der Waals surface area contributed by atoms with Crippen LogP contribution < -0.4 is 9.62 Å². The molecule has 2 rings (SSSR count). The molecule has 0 aliphatic rings. The van der Waals surface area contributed by atoms with Gasteiger partial charge < -0.3 is 5.32 Å². The second-order valence-electron chi connectivity index (χ2n) is 5.10. The van der Waals surface area contributed by atoms with E-state index >= 15 is 0 Å². The maximum atomic E-state index is 12.2. The number of benzene rings is 2. The molecule has 1 amide bonds. The summed E-state index contributed by atoms with van der Waals surface area (Å²) in [6.07, 6.45) is 0.996. The van der Waals surface area contributed by atoms with Crippen LogP contribution in [-0.2, 0) is 14.8 Å². The molecule has 0 spiro atoms. The van der Waals surface area contributed by atoms with Crippen LogP contribution in [0, 0.1) is 10.1 Å². The molecule has 0 aliphatic heterocycles. The summed E-state index contributed by atoms with van der Waals surface area (Å²) in [7, 11) is -3.69. The number of amides is 1. The fourth-order valence-corrected chi connectivity index (χ4v) is 3.16. The molecule has 0 bridgehead atoms. The van der Waals surface area contributed by atoms with Crippen LogP contribution in [0.2, 0.25) is 0 Å². The number of hydrogen-bond acceptors (Lipinski definition) is 5. The predicted molar refractivity (Wildman–Crippen MR) is 98.1 cm³/mol. The lowest BCUT2D eigenvalue weighted by molar-refractivity contribution is -0.384. The Kier molecular flexibility index (Phi) is 5.75. The van der Waals surface area contributed by atoms with Gasteiger partial charge in [0, 0.05) is 22.3 Å². The Morgan fingerprint density at radius 3 is 2.44 bits per heavy atom. The van der Waals surface area contributed by atoms with Crippen molar-refractivity contribution < 1.29 is 18.1 Å². The van der Waals surface area contributed by atoms with Crippen molar-refractivity contribution >= 4 is 48.9 Å². The molecule has 25 heavy (non-hydrogen) atoms. The zero-order chi connectivity index (χ0) is 18.6. The van der Waals surface area contributed by atoms with Gasteiger partial charge in [0.15, 0.2) is 0 Å². The Balaban J connectivity index is 2.19. The Morgan fingerprint density at radius 2 is 1.88 bits per heavy atom. The van der Waals surface area contributed by atoms with Crippen LogP contribution in [0.1, 0.15) is 0 Å². The molecule has 0 unspecified atom stereocenters. The maximum Gasteiger partial charge on any atom is 0.271 e. The van der Waals surface area contributed by atoms with Crippen LogP contribution in [0.15, 0.2) is 53.0 Å². The fourth-order valence-electron chi connectivity index (χ4n) is 2.04. The number of hydrogen-bond donors (Lipinski definition) is 1. The summed E-state index contributed by atoms with van der Waals surface area (Å²) in [5.74, 6) is -0.617. The molecule has 0 fully saturated rings. The number of nitro groups is 1. The maximum absolute atomic E-state index is 12.2. The highest BCUT2D eigenvalue weighted by molar-refractivity contribution is 9.10. The molecular weight excluding hydrogens is 414 g/mol. The van der Waals surface area contributed by atoms with Crippen molar-refractivity contribution in [2.24, 2.45) is 0 Å². The molecule has 0 heterocycles. The van der Waals surface area contributed by atoms with E-state index in [-0.39, 0.29) is 11.4 Å². The molecule has 1 N–H and O–H groups in total. The van der Waals surface area contributed by atoms with E-state index in [2.05, 4.69) is 21.2 Å². The standard InChI is InChI=1S/C15H14BrN3O5S/c1-25(23,24)18(13-7-5-11(16)6-8-13)10-15(20)17-12-3-2-4-14(9-12)19(21)22/h2-9H,10H2,1H3,(H,17,20). The smallest absolute Gasteiger partial charge is 0.271 e. The third kappa shape index (κ3) is 5.26. The van der Waals surface area contributed by atoms with E-state index < -0.39 is 27.4 Å². The van der Waals surface area contributed by atoms with Gasteiger partial charge in [-0.15, -0.1) is 0 Å². The lowest BCUT2D eigenvalue weighted by Crippen LogP contribution is -2.37. The van der Waals surface area contributed by atoms with Gasteiger partial charge in [-0.1, -0.05) is 22.0 Å². The molecule has 0 radical (unpaired) electrons. The number of non-ortho nitro benzene ring substituents is 1. The number of rotatable bonds is 6. The van der Waals surface area contributed by atoms with E-state index in [4.69, 9.17) is 0 Å². The molecule has 2 aromatic rings. The fraction of sp³-hybridized carbons (Fsp3) is 0.133. The summed E-state index contributed by atoms with van der Waals surface area (Å²) in [5, 5.41) is 13.2. The topological polar surface area (TPSA) is 110 Å². The monoisotopic (exact) mass is 427 g/mol. The second-order valence-corrected chi connectivity index (χ2v) is 7.92. The first kappa shape index (κ1) is 18.9. The average Bonchev–Trinajstić information content (AvgIpc) is 2.53. The predicted octanol–water partition coefficient (Wildman–Crippen LogP) is 2.76. The van der Waals surface area contributed by atoms with Crippen molar-refractivity contribution in [2.75, 3.05) is 22.4 Å². The van der Waals surface area contributed by atoms with E-state index in [9.17, 15) is 23.3 Å². The Morgan fingerprint density at radius 1 is 1.24 bits per heavy atom. The number of halogens is 1. The van der Waals surface area contributed by atoms with Crippen LogP contribution in [0.3, 0.4) is 0 Å². The summed E-state index contributed by atoms with van der Waals surface area (Å²) >= 11 is 3.26.